The summed E-state index contributed by atoms with van der Waals surface area (Å²) >= 11 is 1.25. The third-order valence-corrected chi connectivity index (χ3v) is 4.53. The van der Waals surface area contributed by atoms with Gasteiger partial charge in [-0.1, -0.05) is 20.3 Å². The minimum absolute atomic E-state index is 0.0211. The number of thiazole rings is 1. The summed E-state index contributed by atoms with van der Waals surface area (Å²) < 4.78 is 1.67. The van der Waals surface area contributed by atoms with E-state index in [4.69, 9.17) is 5.73 Å². The number of amides is 2. The molecule has 2 rings (SSSR count). The quantitative estimate of drug-likeness (QED) is 0.833. The van der Waals surface area contributed by atoms with Gasteiger partial charge in [0.05, 0.1) is 12.4 Å². The zero-order chi connectivity index (χ0) is 16.3. The molecule has 2 aromatic heterocycles. The number of hydrogen-bond donors (Lipinski definition) is 2. The highest BCUT2D eigenvalue weighted by Crippen LogP contribution is 2.24. The van der Waals surface area contributed by atoms with Crippen molar-refractivity contribution < 1.29 is 9.59 Å². The Morgan fingerprint density at radius 1 is 1.45 bits per heavy atom. The lowest BCUT2D eigenvalue weighted by Gasteiger charge is -2.20. The molecule has 0 aliphatic carbocycles. The molecule has 2 amide bonds. The van der Waals surface area contributed by atoms with Crippen LogP contribution in [0, 0.1) is 5.92 Å². The predicted molar refractivity (Wildman–Crippen MR) is 84.2 cm³/mol. The average molecular weight is 321 g/mol. The summed E-state index contributed by atoms with van der Waals surface area (Å²) in [4.78, 5) is 28.4. The van der Waals surface area contributed by atoms with Crippen LogP contribution >= 0.6 is 11.3 Å². The molecule has 0 aliphatic heterocycles. The Hall–Kier alpha value is -2.22. The zero-order valence-corrected chi connectivity index (χ0v) is 13.6. The molecule has 0 saturated carbocycles. The lowest BCUT2D eigenvalue weighted by molar-refractivity contribution is -0.120. The summed E-state index contributed by atoms with van der Waals surface area (Å²) in [5, 5.41) is 7.47. The Bertz CT molecular complexity index is 678. The van der Waals surface area contributed by atoms with E-state index in [1.165, 1.54) is 17.5 Å². The van der Waals surface area contributed by atoms with Gasteiger partial charge in [-0.25, -0.2) is 4.98 Å². The van der Waals surface area contributed by atoms with Crippen molar-refractivity contribution in [3.8, 4) is 10.6 Å². The molecule has 3 N–H and O–H groups in total. The summed E-state index contributed by atoms with van der Waals surface area (Å²) in [6.07, 6.45) is 5.76. The first-order valence-electron chi connectivity index (χ1n) is 6.97. The maximum atomic E-state index is 12.3. The molecule has 0 aromatic carbocycles. The van der Waals surface area contributed by atoms with Crippen LogP contribution < -0.4 is 11.1 Å². The first-order valence-corrected chi connectivity index (χ1v) is 7.79. The number of aromatic nitrogens is 3. The van der Waals surface area contributed by atoms with Crippen LogP contribution in [-0.4, -0.2) is 32.6 Å². The Morgan fingerprint density at radius 2 is 2.18 bits per heavy atom. The Balaban J connectivity index is 2.13. The fraction of sp³-hybridized carbons (Fsp3) is 0.429. The molecule has 2 heterocycles. The number of hydrogen-bond acceptors (Lipinski definition) is 5. The van der Waals surface area contributed by atoms with Crippen LogP contribution in [-0.2, 0) is 11.8 Å². The molecule has 2 aromatic rings. The normalized spacial score (nSPS) is 13.6. The van der Waals surface area contributed by atoms with Crippen molar-refractivity contribution in [1.29, 1.82) is 0 Å². The van der Waals surface area contributed by atoms with Crippen molar-refractivity contribution in [2.24, 2.45) is 18.7 Å². The standard InChI is InChI=1S/C14H19N5O2S/c1-4-8(2)11(12(15)20)18-13(21)10-6-16-14(22-10)9-5-17-19(3)7-9/h5-8,11H,4H2,1-3H3,(H2,15,20)(H,18,21)/t8-,11-/m0/s1. The van der Waals surface area contributed by atoms with Gasteiger partial charge >= 0.3 is 0 Å². The topological polar surface area (TPSA) is 103 Å². The molecule has 118 valence electrons. The van der Waals surface area contributed by atoms with Crippen LogP contribution in [0.1, 0.15) is 29.9 Å². The summed E-state index contributed by atoms with van der Waals surface area (Å²) in [5.74, 6) is -0.886. The molecule has 8 heteroatoms. The van der Waals surface area contributed by atoms with E-state index < -0.39 is 11.9 Å². The van der Waals surface area contributed by atoms with E-state index >= 15 is 0 Å². The van der Waals surface area contributed by atoms with E-state index in [0.29, 0.717) is 9.88 Å². The third-order valence-electron chi connectivity index (χ3n) is 3.49. The van der Waals surface area contributed by atoms with Gasteiger partial charge < -0.3 is 11.1 Å². The number of nitrogens with zero attached hydrogens (tertiary/aromatic N) is 3. The van der Waals surface area contributed by atoms with Gasteiger partial charge in [0.1, 0.15) is 15.9 Å². The SMILES string of the molecule is CC[C@H](C)[C@H](NC(=O)c1cnc(-c2cnn(C)c2)s1)C(N)=O. The van der Waals surface area contributed by atoms with Gasteiger partial charge in [-0.05, 0) is 5.92 Å². The number of carbonyl (C=O) groups is 2. The number of primary amides is 1. The highest BCUT2D eigenvalue weighted by Gasteiger charge is 2.25. The summed E-state index contributed by atoms with van der Waals surface area (Å²) in [6.45, 7) is 3.82. The Kier molecular flexibility index (Phi) is 4.92. The maximum absolute atomic E-state index is 12.3. The predicted octanol–water partition coefficient (Wildman–Crippen LogP) is 1.17. The largest absolute Gasteiger partial charge is 0.368 e. The van der Waals surface area contributed by atoms with Crippen LogP contribution in [0.25, 0.3) is 10.6 Å². The van der Waals surface area contributed by atoms with Gasteiger partial charge in [-0.3, -0.25) is 14.3 Å². The second-order valence-electron chi connectivity index (χ2n) is 5.17. The molecular weight excluding hydrogens is 302 g/mol. The smallest absolute Gasteiger partial charge is 0.263 e. The average Bonchev–Trinajstić information content (AvgIpc) is 3.11. The molecule has 22 heavy (non-hydrogen) atoms. The molecule has 0 fully saturated rings. The maximum Gasteiger partial charge on any atom is 0.263 e. The highest BCUT2D eigenvalue weighted by atomic mass is 32.1. The van der Waals surface area contributed by atoms with Crippen molar-refractivity contribution in [1.82, 2.24) is 20.1 Å². The monoisotopic (exact) mass is 321 g/mol. The highest BCUT2D eigenvalue weighted by molar-refractivity contribution is 7.16. The van der Waals surface area contributed by atoms with Crippen LogP contribution in [0.5, 0.6) is 0 Å². The minimum Gasteiger partial charge on any atom is -0.368 e. The molecule has 0 aliphatic rings. The summed E-state index contributed by atoms with van der Waals surface area (Å²) in [6, 6.07) is -0.679. The molecule has 0 bridgehead atoms. The lowest BCUT2D eigenvalue weighted by atomic mass is 9.98. The van der Waals surface area contributed by atoms with Gasteiger partial charge in [0.25, 0.3) is 5.91 Å². The fourth-order valence-electron chi connectivity index (χ4n) is 1.99. The summed E-state index contributed by atoms with van der Waals surface area (Å²) in [5.41, 5.74) is 6.21. The van der Waals surface area contributed by atoms with Crippen molar-refractivity contribution >= 4 is 23.2 Å². The minimum atomic E-state index is -0.679. The lowest BCUT2D eigenvalue weighted by Crippen LogP contribution is -2.48. The number of aryl methyl sites for hydroxylation is 1. The molecule has 0 radical (unpaired) electrons. The van der Waals surface area contributed by atoms with Gasteiger partial charge in [-0.2, -0.15) is 5.10 Å². The first-order chi connectivity index (χ1) is 10.4. The number of carbonyl (C=O) groups excluding carboxylic acids is 2. The van der Waals surface area contributed by atoms with E-state index in [1.807, 2.05) is 27.1 Å². The summed E-state index contributed by atoms with van der Waals surface area (Å²) in [7, 11) is 1.81. The molecule has 0 spiro atoms. The number of nitrogens with one attached hydrogen (secondary N) is 1. The van der Waals surface area contributed by atoms with Crippen molar-refractivity contribution in [2.75, 3.05) is 0 Å². The van der Waals surface area contributed by atoms with E-state index in [2.05, 4.69) is 15.4 Å². The van der Waals surface area contributed by atoms with Gasteiger partial charge in [0, 0.05) is 18.8 Å². The second-order valence-corrected chi connectivity index (χ2v) is 6.20. The van der Waals surface area contributed by atoms with Crippen LogP contribution in [0.4, 0.5) is 0 Å². The molecule has 0 saturated heterocycles. The van der Waals surface area contributed by atoms with E-state index in [9.17, 15) is 9.59 Å². The fourth-order valence-corrected chi connectivity index (χ4v) is 2.78. The van der Waals surface area contributed by atoms with E-state index in [-0.39, 0.29) is 11.8 Å². The third kappa shape index (κ3) is 3.51. The van der Waals surface area contributed by atoms with Gasteiger partial charge in [0.15, 0.2) is 0 Å². The van der Waals surface area contributed by atoms with Gasteiger partial charge in [-0.15, -0.1) is 11.3 Å². The van der Waals surface area contributed by atoms with E-state index in [0.717, 1.165) is 12.0 Å². The Morgan fingerprint density at radius 3 is 2.73 bits per heavy atom. The van der Waals surface area contributed by atoms with E-state index in [1.54, 1.807) is 10.9 Å². The van der Waals surface area contributed by atoms with Crippen LogP contribution in [0.2, 0.25) is 0 Å². The number of nitrogens with two attached hydrogens (primary N) is 1. The van der Waals surface area contributed by atoms with Crippen LogP contribution in [0.3, 0.4) is 0 Å². The van der Waals surface area contributed by atoms with Crippen molar-refractivity contribution in [3.63, 3.8) is 0 Å². The molecular formula is C14H19N5O2S. The zero-order valence-electron chi connectivity index (χ0n) is 12.7. The molecule has 7 nitrogen and oxygen atoms in total. The Labute approximate surface area is 132 Å². The first kappa shape index (κ1) is 16.2. The molecule has 2 atom stereocenters. The van der Waals surface area contributed by atoms with Gasteiger partial charge in [0.2, 0.25) is 5.91 Å². The molecule has 0 unspecified atom stereocenters. The number of rotatable bonds is 6. The van der Waals surface area contributed by atoms with Crippen LogP contribution in [0.15, 0.2) is 18.6 Å². The second kappa shape index (κ2) is 6.69. The van der Waals surface area contributed by atoms with Crippen molar-refractivity contribution in [2.45, 2.75) is 26.3 Å². The van der Waals surface area contributed by atoms with Crippen molar-refractivity contribution in [3.05, 3.63) is 23.5 Å².